The highest BCUT2D eigenvalue weighted by Gasteiger charge is 1.96. The van der Waals surface area contributed by atoms with Crippen LogP contribution in [-0.4, -0.2) is 14.5 Å². The van der Waals surface area contributed by atoms with Crippen molar-refractivity contribution in [1.82, 2.24) is 14.5 Å². The summed E-state index contributed by atoms with van der Waals surface area (Å²) in [5.41, 5.74) is 3.87. The molecule has 0 unspecified atom stereocenters. The Bertz CT molecular complexity index is 349. The molecular formula is C4H6N4O2. The van der Waals surface area contributed by atoms with E-state index in [1.54, 1.807) is 0 Å². The Hall–Kier alpha value is -1.59. The molecule has 0 atom stereocenters. The third-order valence-corrected chi connectivity index (χ3v) is 1.08. The normalized spacial score (nSPS) is 9.70. The summed E-state index contributed by atoms with van der Waals surface area (Å²) >= 11 is 0. The van der Waals surface area contributed by atoms with Gasteiger partial charge in [0.15, 0.2) is 0 Å². The first kappa shape index (κ1) is 6.53. The molecule has 54 valence electrons. The minimum absolute atomic E-state index is 0.0891. The highest BCUT2D eigenvalue weighted by atomic mass is 16.2. The minimum Gasteiger partial charge on any atom is -0.369 e. The monoisotopic (exact) mass is 142 g/mol. The number of hydrogen-bond donors (Lipinski definition) is 2. The molecule has 0 aliphatic heterocycles. The van der Waals surface area contributed by atoms with Crippen LogP contribution < -0.4 is 17.1 Å². The van der Waals surface area contributed by atoms with Gasteiger partial charge in [-0.2, -0.15) is 4.98 Å². The first-order chi connectivity index (χ1) is 4.61. The average molecular weight is 142 g/mol. The van der Waals surface area contributed by atoms with Gasteiger partial charge in [-0.3, -0.25) is 9.55 Å². The van der Waals surface area contributed by atoms with Crippen LogP contribution in [0.1, 0.15) is 0 Å². The van der Waals surface area contributed by atoms with Gasteiger partial charge in [0.2, 0.25) is 5.95 Å². The largest absolute Gasteiger partial charge is 0.369 e. The van der Waals surface area contributed by atoms with Gasteiger partial charge >= 0.3 is 11.4 Å². The van der Waals surface area contributed by atoms with Crippen molar-refractivity contribution in [2.24, 2.45) is 7.05 Å². The van der Waals surface area contributed by atoms with Crippen molar-refractivity contribution >= 4 is 5.95 Å². The van der Waals surface area contributed by atoms with E-state index in [0.29, 0.717) is 0 Å². The quantitative estimate of drug-likeness (QED) is 0.440. The van der Waals surface area contributed by atoms with Crippen LogP contribution in [0.5, 0.6) is 0 Å². The standard InChI is InChI=1S/C4H6N4O2/c1-8-2(5)6-3(9)7-4(8)10/h1H3,(H3,5,6,7,9,10). The first-order valence-electron chi connectivity index (χ1n) is 2.54. The van der Waals surface area contributed by atoms with Crippen LogP contribution in [0, 0.1) is 0 Å². The fourth-order valence-electron chi connectivity index (χ4n) is 0.486. The van der Waals surface area contributed by atoms with Crippen molar-refractivity contribution in [2.45, 2.75) is 0 Å². The average Bonchev–Trinajstić information content (AvgIpc) is 1.82. The molecule has 3 N–H and O–H groups in total. The van der Waals surface area contributed by atoms with Crippen molar-refractivity contribution in [2.75, 3.05) is 5.73 Å². The number of nitrogen functional groups attached to an aromatic ring is 1. The predicted molar refractivity (Wildman–Crippen MR) is 34.5 cm³/mol. The molecule has 1 aromatic heterocycles. The smallest absolute Gasteiger partial charge is 0.352 e. The highest BCUT2D eigenvalue weighted by Crippen LogP contribution is 1.78. The Labute approximate surface area is 55.3 Å². The second kappa shape index (κ2) is 1.98. The second-order valence-electron chi connectivity index (χ2n) is 1.76. The third-order valence-electron chi connectivity index (χ3n) is 1.08. The lowest BCUT2D eigenvalue weighted by molar-refractivity contribution is 0.769. The van der Waals surface area contributed by atoms with Crippen LogP contribution in [0.15, 0.2) is 9.59 Å². The number of aromatic nitrogens is 3. The zero-order chi connectivity index (χ0) is 7.72. The van der Waals surface area contributed by atoms with E-state index in [1.807, 2.05) is 4.98 Å². The van der Waals surface area contributed by atoms with E-state index >= 15 is 0 Å². The van der Waals surface area contributed by atoms with Gasteiger partial charge in [0.1, 0.15) is 0 Å². The van der Waals surface area contributed by atoms with Crippen LogP contribution in [-0.2, 0) is 7.05 Å². The fourth-order valence-corrected chi connectivity index (χ4v) is 0.486. The molecule has 6 nitrogen and oxygen atoms in total. The molecule has 0 bridgehead atoms. The summed E-state index contributed by atoms with van der Waals surface area (Å²) in [6.45, 7) is 0. The highest BCUT2D eigenvalue weighted by molar-refractivity contribution is 5.12. The van der Waals surface area contributed by atoms with Gasteiger partial charge in [0.05, 0.1) is 0 Å². The number of H-pyrrole nitrogens is 1. The maximum absolute atomic E-state index is 10.6. The van der Waals surface area contributed by atoms with Crippen LogP contribution in [0.4, 0.5) is 5.95 Å². The number of anilines is 1. The third kappa shape index (κ3) is 0.903. The summed E-state index contributed by atoms with van der Waals surface area (Å²) in [6.07, 6.45) is 0. The molecule has 0 saturated carbocycles. The molecule has 0 amide bonds. The lowest BCUT2D eigenvalue weighted by atomic mass is 10.9. The van der Waals surface area contributed by atoms with Crippen molar-refractivity contribution in [1.29, 1.82) is 0 Å². The number of nitrogens with one attached hydrogen (secondary N) is 1. The van der Waals surface area contributed by atoms with E-state index in [1.165, 1.54) is 7.05 Å². The summed E-state index contributed by atoms with van der Waals surface area (Å²) in [5, 5.41) is 0. The van der Waals surface area contributed by atoms with Gasteiger partial charge in [0.25, 0.3) is 0 Å². The van der Waals surface area contributed by atoms with Gasteiger partial charge in [-0.05, 0) is 0 Å². The molecule has 1 aromatic rings. The zero-order valence-electron chi connectivity index (χ0n) is 5.29. The number of nitrogens with two attached hydrogens (primary N) is 1. The molecule has 0 aliphatic carbocycles. The van der Waals surface area contributed by atoms with Gasteiger partial charge in [-0.25, -0.2) is 9.59 Å². The van der Waals surface area contributed by atoms with Gasteiger partial charge in [-0.1, -0.05) is 0 Å². The maximum Gasteiger partial charge on any atom is 0.352 e. The van der Waals surface area contributed by atoms with Gasteiger partial charge in [0, 0.05) is 7.05 Å². The lowest BCUT2D eigenvalue weighted by Crippen LogP contribution is -2.32. The number of rotatable bonds is 0. The summed E-state index contributed by atoms with van der Waals surface area (Å²) in [5.74, 6) is -0.0891. The molecule has 0 saturated heterocycles. The van der Waals surface area contributed by atoms with E-state index in [9.17, 15) is 9.59 Å². The first-order valence-corrected chi connectivity index (χ1v) is 2.54. The Morgan fingerprint density at radius 1 is 1.60 bits per heavy atom. The Balaban J connectivity index is 3.62. The molecule has 6 heteroatoms. The van der Waals surface area contributed by atoms with Crippen LogP contribution >= 0.6 is 0 Å². The molecule has 1 rings (SSSR count). The van der Waals surface area contributed by atoms with Crippen molar-refractivity contribution < 1.29 is 0 Å². The second-order valence-corrected chi connectivity index (χ2v) is 1.76. The van der Waals surface area contributed by atoms with E-state index in [2.05, 4.69) is 4.98 Å². The molecular weight excluding hydrogens is 136 g/mol. The number of hydrogen-bond acceptors (Lipinski definition) is 4. The predicted octanol–water partition coefficient (Wildman–Crippen LogP) is -1.95. The molecule has 10 heavy (non-hydrogen) atoms. The molecule has 0 aliphatic rings. The molecule has 1 heterocycles. The maximum atomic E-state index is 10.6. The lowest BCUT2D eigenvalue weighted by Gasteiger charge is -1.96. The fraction of sp³-hybridized carbons (Fsp3) is 0.250. The Morgan fingerprint density at radius 3 is 2.70 bits per heavy atom. The molecule has 0 fully saturated rings. The van der Waals surface area contributed by atoms with Crippen LogP contribution in [0.2, 0.25) is 0 Å². The Kier molecular flexibility index (Phi) is 1.29. The summed E-state index contributed by atoms with van der Waals surface area (Å²) in [6, 6.07) is 0. The van der Waals surface area contributed by atoms with Crippen molar-refractivity contribution in [3.8, 4) is 0 Å². The van der Waals surface area contributed by atoms with E-state index in [0.717, 1.165) is 4.57 Å². The van der Waals surface area contributed by atoms with Crippen LogP contribution in [0.3, 0.4) is 0 Å². The topological polar surface area (TPSA) is 93.8 Å². The van der Waals surface area contributed by atoms with E-state index in [-0.39, 0.29) is 5.95 Å². The van der Waals surface area contributed by atoms with E-state index < -0.39 is 11.4 Å². The SMILES string of the molecule is Cn1c(N)nc(=O)[nH]c1=O. The summed E-state index contributed by atoms with van der Waals surface area (Å²) in [4.78, 5) is 26.3. The van der Waals surface area contributed by atoms with Crippen molar-refractivity contribution in [3.05, 3.63) is 21.0 Å². The summed E-state index contributed by atoms with van der Waals surface area (Å²) in [7, 11) is 1.42. The van der Waals surface area contributed by atoms with E-state index in [4.69, 9.17) is 5.73 Å². The minimum atomic E-state index is -0.722. The number of aromatic amines is 1. The van der Waals surface area contributed by atoms with Gasteiger partial charge < -0.3 is 5.73 Å². The molecule has 0 aromatic carbocycles. The zero-order valence-corrected chi connectivity index (χ0v) is 5.29. The van der Waals surface area contributed by atoms with Crippen molar-refractivity contribution in [3.63, 3.8) is 0 Å². The molecule has 0 spiro atoms. The molecule has 0 radical (unpaired) electrons. The Morgan fingerprint density at radius 2 is 2.20 bits per heavy atom. The van der Waals surface area contributed by atoms with Gasteiger partial charge in [-0.15, -0.1) is 0 Å². The number of nitrogens with zero attached hydrogens (tertiary/aromatic N) is 2. The summed E-state index contributed by atoms with van der Waals surface area (Å²) < 4.78 is 1.04. The van der Waals surface area contributed by atoms with Crippen LogP contribution in [0.25, 0.3) is 0 Å².